The maximum absolute atomic E-state index is 6.09. The van der Waals surface area contributed by atoms with E-state index in [2.05, 4.69) is 27.3 Å². The van der Waals surface area contributed by atoms with Crippen LogP contribution in [-0.2, 0) is 17.7 Å². The highest BCUT2D eigenvalue weighted by Gasteiger charge is 2.14. The van der Waals surface area contributed by atoms with Crippen LogP contribution in [0.3, 0.4) is 0 Å². The molecule has 7 nitrogen and oxygen atoms in total. The van der Waals surface area contributed by atoms with Gasteiger partial charge in [-0.15, -0.1) is 0 Å². The van der Waals surface area contributed by atoms with E-state index >= 15 is 0 Å². The number of methoxy groups -OCH3 is 1. The van der Waals surface area contributed by atoms with Gasteiger partial charge in [-0.1, -0.05) is 6.07 Å². The Morgan fingerprint density at radius 2 is 1.97 bits per heavy atom. The Morgan fingerprint density at radius 3 is 2.78 bits per heavy atom. The molecule has 174 valence electrons. The normalized spacial score (nSPS) is 17.5. The van der Waals surface area contributed by atoms with Crippen LogP contribution in [-0.4, -0.2) is 67.5 Å². The number of nitrogens with one attached hydrogen (secondary N) is 1. The van der Waals surface area contributed by atoms with Crippen molar-refractivity contribution in [3.8, 4) is 11.5 Å². The van der Waals surface area contributed by atoms with Gasteiger partial charge in [0.25, 0.3) is 0 Å². The van der Waals surface area contributed by atoms with Crippen LogP contribution in [0.5, 0.6) is 11.5 Å². The Balaban J connectivity index is 1.31. The minimum atomic E-state index is 0.489. The molecule has 1 N–H and O–H groups in total. The minimum Gasteiger partial charge on any atom is -0.493 e. The minimum absolute atomic E-state index is 0.489. The summed E-state index contributed by atoms with van der Waals surface area (Å²) in [5.74, 6) is 2.42. The van der Waals surface area contributed by atoms with Crippen molar-refractivity contribution < 1.29 is 14.2 Å². The van der Waals surface area contributed by atoms with Gasteiger partial charge < -0.3 is 24.4 Å². The van der Waals surface area contributed by atoms with Crippen LogP contribution in [0, 0.1) is 0 Å². The maximum atomic E-state index is 6.09. The zero-order chi connectivity index (χ0) is 22.0. The lowest BCUT2D eigenvalue weighted by Crippen LogP contribution is -2.34. The molecule has 2 fully saturated rings. The Labute approximate surface area is 191 Å². The molecule has 2 aliphatic heterocycles. The van der Waals surface area contributed by atoms with Crippen molar-refractivity contribution >= 4 is 0 Å². The summed E-state index contributed by atoms with van der Waals surface area (Å²) >= 11 is 0. The second-order valence-corrected chi connectivity index (χ2v) is 8.64. The summed E-state index contributed by atoms with van der Waals surface area (Å²) in [7, 11) is 1.69. The number of likely N-dealkylation sites (tertiary alicyclic amines) is 1. The molecular formula is C25H36N4O3. The maximum Gasteiger partial charge on any atom is 0.161 e. The van der Waals surface area contributed by atoms with Gasteiger partial charge in [0.15, 0.2) is 11.5 Å². The van der Waals surface area contributed by atoms with Gasteiger partial charge in [-0.25, -0.2) is 9.97 Å². The SMILES string of the molecule is COc1ccc(Cc2ccnc(CNC3CCOCC3)n2)cc1OCCCN1CCCC1. The molecule has 2 aromatic rings. The highest BCUT2D eigenvalue weighted by Crippen LogP contribution is 2.29. The van der Waals surface area contributed by atoms with Gasteiger partial charge in [0, 0.05) is 44.1 Å². The third kappa shape index (κ3) is 6.89. The number of hydrogen-bond donors (Lipinski definition) is 1. The summed E-state index contributed by atoms with van der Waals surface area (Å²) in [6, 6.07) is 8.62. The van der Waals surface area contributed by atoms with Gasteiger partial charge in [-0.05, 0) is 69.0 Å². The quantitative estimate of drug-likeness (QED) is 0.538. The van der Waals surface area contributed by atoms with Gasteiger partial charge in [0.1, 0.15) is 5.82 Å². The molecule has 32 heavy (non-hydrogen) atoms. The van der Waals surface area contributed by atoms with E-state index in [1.165, 1.54) is 25.9 Å². The number of aromatic nitrogens is 2. The predicted molar refractivity (Wildman–Crippen MR) is 124 cm³/mol. The summed E-state index contributed by atoms with van der Waals surface area (Å²) in [5, 5.41) is 3.56. The first-order valence-corrected chi connectivity index (χ1v) is 11.9. The Kier molecular flexibility index (Phi) is 8.71. The number of benzene rings is 1. The summed E-state index contributed by atoms with van der Waals surface area (Å²) < 4.78 is 17.0. The van der Waals surface area contributed by atoms with E-state index in [-0.39, 0.29) is 0 Å². The van der Waals surface area contributed by atoms with Gasteiger partial charge in [-0.2, -0.15) is 0 Å². The lowest BCUT2D eigenvalue weighted by Gasteiger charge is -2.22. The average Bonchev–Trinajstić information content (AvgIpc) is 3.35. The lowest BCUT2D eigenvalue weighted by molar-refractivity contribution is 0.0774. The van der Waals surface area contributed by atoms with Crippen LogP contribution in [0.2, 0.25) is 0 Å². The fraction of sp³-hybridized carbons (Fsp3) is 0.600. The first-order valence-electron chi connectivity index (χ1n) is 11.9. The number of hydrogen-bond acceptors (Lipinski definition) is 7. The lowest BCUT2D eigenvalue weighted by atomic mass is 10.1. The molecule has 3 heterocycles. The topological polar surface area (TPSA) is 68.7 Å². The van der Waals surface area contributed by atoms with Crippen LogP contribution in [0.15, 0.2) is 30.5 Å². The monoisotopic (exact) mass is 440 g/mol. The zero-order valence-electron chi connectivity index (χ0n) is 19.2. The molecule has 0 unspecified atom stereocenters. The summed E-state index contributed by atoms with van der Waals surface area (Å²) in [5.41, 5.74) is 2.16. The number of nitrogens with zero attached hydrogens (tertiary/aromatic N) is 3. The van der Waals surface area contributed by atoms with E-state index in [0.29, 0.717) is 19.2 Å². The molecule has 2 saturated heterocycles. The highest BCUT2D eigenvalue weighted by molar-refractivity contribution is 5.43. The standard InChI is InChI=1S/C25H36N4O3/c1-30-23-6-5-20(18-24(23)32-14-4-13-29-11-2-3-12-29)17-22-7-10-26-25(28-22)19-27-21-8-15-31-16-9-21/h5-7,10,18,21,27H,2-4,8-9,11-17,19H2,1H3. The molecule has 0 aliphatic carbocycles. The largest absolute Gasteiger partial charge is 0.493 e. The van der Waals surface area contributed by atoms with E-state index in [4.69, 9.17) is 19.2 Å². The average molecular weight is 441 g/mol. The van der Waals surface area contributed by atoms with Crippen molar-refractivity contribution in [2.24, 2.45) is 0 Å². The Morgan fingerprint density at radius 1 is 1.12 bits per heavy atom. The van der Waals surface area contributed by atoms with E-state index in [1.807, 2.05) is 18.3 Å². The highest BCUT2D eigenvalue weighted by atomic mass is 16.5. The van der Waals surface area contributed by atoms with E-state index in [0.717, 1.165) is 74.0 Å². The molecule has 7 heteroatoms. The molecule has 0 amide bonds. The number of ether oxygens (including phenoxy) is 3. The van der Waals surface area contributed by atoms with Gasteiger partial charge in [0.05, 0.1) is 20.3 Å². The van der Waals surface area contributed by atoms with Crippen LogP contribution in [0.25, 0.3) is 0 Å². The third-order valence-corrected chi connectivity index (χ3v) is 6.22. The fourth-order valence-corrected chi connectivity index (χ4v) is 4.39. The molecular weight excluding hydrogens is 404 g/mol. The van der Waals surface area contributed by atoms with Crippen molar-refractivity contribution in [2.75, 3.05) is 46.6 Å². The Hall–Kier alpha value is -2.22. The second-order valence-electron chi connectivity index (χ2n) is 8.64. The van der Waals surface area contributed by atoms with E-state index in [9.17, 15) is 0 Å². The molecule has 0 bridgehead atoms. The summed E-state index contributed by atoms with van der Waals surface area (Å²) in [4.78, 5) is 11.7. The molecule has 1 aromatic heterocycles. The van der Waals surface area contributed by atoms with Crippen molar-refractivity contribution in [1.82, 2.24) is 20.2 Å². The summed E-state index contributed by atoms with van der Waals surface area (Å²) in [6.45, 7) is 6.61. The van der Waals surface area contributed by atoms with Crippen molar-refractivity contribution in [3.63, 3.8) is 0 Å². The third-order valence-electron chi connectivity index (χ3n) is 6.22. The van der Waals surface area contributed by atoms with Gasteiger partial charge in [0.2, 0.25) is 0 Å². The van der Waals surface area contributed by atoms with Crippen LogP contribution < -0.4 is 14.8 Å². The van der Waals surface area contributed by atoms with Crippen molar-refractivity contribution in [3.05, 3.63) is 47.5 Å². The first kappa shape index (κ1) is 23.0. The summed E-state index contributed by atoms with van der Waals surface area (Å²) in [6.07, 6.45) is 8.37. The first-order chi connectivity index (χ1) is 15.8. The molecule has 0 spiro atoms. The van der Waals surface area contributed by atoms with E-state index < -0.39 is 0 Å². The predicted octanol–water partition coefficient (Wildman–Crippen LogP) is 3.21. The molecule has 2 aliphatic rings. The fourth-order valence-electron chi connectivity index (χ4n) is 4.39. The Bertz CT molecular complexity index is 836. The van der Waals surface area contributed by atoms with Gasteiger partial charge in [-0.3, -0.25) is 0 Å². The van der Waals surface area contributed by atoms with E-state index in [1.54, 1.807) is 7.11 Å². The van der Waals surface area contributed by atoms with Crippen LogP contribution >= 0.6 is 0 Å². The van der Waals surface area contributed by atoms with Gasteiger partial charge >= 0.3 is 0 Å². The van der Waals surface area contributed by atoms with Crippen LogP contribution in [0.1, 0.15) is 49.2 Å². The number of rotatable bonds is 11. The molecule has 0 radical (unpaired) electrons. The zero-order valence-corrected chi connectivity index (χ0v) is 19.2. The smallest absolute Gasteiger partial charge is 0.161 e. The van der Waals surface area contributed by atoms with Crippen molar-refractivity contribution in [2.45, 2.75) is 51.1 Å². The second kappa shape index (κ2) is 12.1. The van der Waals surface area contributed by atoms with Crippen LogP contribution in [0.4, 0.5) is 0 Å². The van der Waals surface area contributed by atoms with Crippen molar-refractivity contribution in [1.29, 1.82) is 0 Å². The molecule has 0 atom stereocenters. The molecule has 1 aromatic carbocycles. The molecule has 4 rings (SSSR count). The molecule has 0 saturated carbocycles.